The van der Waals surface area contributed by atoms with E-state index in [0.29, 0.717) is 12.2 Å². The lowest BCUT2D eigenvalue weighted by Gasteiger charge is -2.27. The van der Waals surface area contributed by atoms with Gasteiger partial charge in [-0.25, -0.2) is 9.59 Å². The van der Waals surface area contributed by atoms with Crippen LogP contribution in [0.1, 0.15) is 47.5 Å². The highest BCUT2D eigenvalue weighted by atomic mass is 16.6. The first kappa shape index (κ1) is 26.9. The topological polar surface area (TPSA) is 134 Å². The van der Waals surface area contributed by atoms with Crippen LogP contribution in [0.4, 0.5) is 4.79 Å². The van der Waals surface area contributed by atoms with Crippen molar-refractivity contribution in [2.24, 2.45) is 5.92 Å². The number of carboxylic acids is 1. The number of ether oxygens (including phenoxy) is 2. The number of nitrogens with zero attached hydrogens (tertiary/aromatic N) is 1. The van der Waals surface area contributed by atoms with E-state index in [2.05, 4.69) is 10.6 Å². The van der Waals surface area contributed by atoms with Gasteiger partial charge in [-0.15, -0.1) is 0 Å². The fraction of sp³-hybridized carbons (Fsp3) is 0.583. The fourth-order valence-corrected chi connectivity index (χ4v) is 3.59. The summed E-state index contributed by atoms with van der Waals surface area (Å²) < 4.78 is 11.1. The van der Waals surface area contributed by atoms with Crippen LogP contribution in [0.2, 0.25) is 0 Å². The number of benzene rings is 1. The van der Waals surface area contributed by atoms with E-state index in [0.717, 1.165) is 0 Å². The zero-order valence-electron chi connectivity index (χ0n) is 20.4. The maximum absolute atomic E-state index is 12.8. The largest absolute Gasteiger partial charge is 0.488 e. The van der Waals surface area contributed by atoms with E-state index in [1.807, 2.05) is 13.0 Å². The summed E-state index contributed by atoms with van der Waals surface area (Å²) in [5.41, 5.74) is -0.726. The molecule has 2 rings (SSSR count). The zero-order chi connectivity index (χ0) is 25.5. The summed E-state index contributed by atoms with van der Waals surface area (Å²) in [5, 5.41) is 14.7. The quantitative estimate of drug-likeness (QED) is 0.496. The maximum atomic E-state index is 12.8. The molecule has 1 saturated heterocycles. The number of aliphatic carboxylic acids is 1. The number of amides is 3. The van der Waals surface area contributed by atoms with Gasteiger partial charge in [0.05, 0.1) is 13.1 Å². The fourth-order valence-electron chi connectivity index (χ4n) is 3.59. The van der Waals surface area contributed by atoms with Gasteiger partial charge in [-0.3, -0.25) is 9.59 Å². The minimum absolute atomic E-state index is 0.0888. The van der Waals surface area contributed by atoms with Crippen LogP contribution in [0.15, 0.2) is 30.3 Å². The number of para-hydroxylation sites is 1. The first-order valence-electron chi connectivity index (χ1n) is 11.4. The molecule has 3 N–H and O–H groups in total. The van der Waals surface area contributed by atoms with E-state index in [1.54, 1.807) is 52.0 Å². The second-order valence-corrected chi connectivity index (χ2v) is 9.42. The molecular weight excluding hydrogens is 442 g/mol. The second kappa shape index (κ2) is 11.7. The van der Waals surface area contributed by atoms with E-state index in [-0.39, 0.29) is 18.9 Å². The molecule has 0 unspecified atom stereocenters. The van der Waals surface area contributed by atoms with E-state index < -0.39 is 54.2 Å². The molecular formula is C24H35N3O7. The molecule has 4 atom stereocenters. The van der Waals surface area contributed by atoms with Gasteiger partial charge in [-0.05, 0) is 38.8 Å². The number of nitrogens with one attached hydrogen (secondary N) is 2. The number of carbonyl (C=O) groups is 4. The Hall–Kier alpha value is -3.30. The summed E-state index contributed by atoms with van der Waals surface area (Å²) in [4.78, 5) is 50.7. The van der Waals surface area contributed by atoms with Crippen LogP contribution in [0.3, 0.4) is 0 Å². The molecule has 1 aliphatic rings. The molecule has 0 saturated carbocycles. The van der Waals surface area contributed by atoms with Gasteiger partial charge in [-0.1, -0.05) is 38.5 Å². The first-order valence-corrected chi connectivity index (χ1v) is 11.4. The molecule has 1 aliphatic heterocycles. The minimum Gasteiger partial charge on any atom is -0.488 e. The molecule has 34 heavy (non-hydrogen) atoms. The molecule has 0 bridgehead atoms. The molecule has 10 nitrogen and oxygen atoms in total. The molecule has 1 aromatic carbocycles. The summed E-state index contributed by atoms with van der Waals surface area (Å²) in [6.07, 6.45) is -0.469. The Morgan fingerprint density at radius 1 is 1.18 bits per heavy atom. The van der Waals surface area contributed by atoms with Gasteiger partial charge in [0.1, 0.15) is 29.5 Å². The Kier molecular flexibility index (Phi) is 9.28. The number of carbonyl (C=O) groups excluding carboxylic acids is 3. The standard InChI is InChI=1S/C24H35N3O7/c1-6-15(2)20(26-23(32)34-24(3,4)5)21(29)25-13-19(28)27-14-17(12-18(27)22(30)31)33-16-10-8-7-9-11-16/h7-11,15,17-18,20H,6,12-14H2,1-5H3,(H,25,29)(H,26,32)(H,30,31)/t15-,17+,18-,20-/m0/s1. The van der Waals surface area contributed by atoms with E-state index >= 15 is 0 Å². The number of hydrogen-bond acceptors (Lipinski definition) is 6. The number of hydrogen-bond donors (Lipinski definition) is 3. The summed E-state index contributed by atoms with van der Waals surface area (Å²) in [6, 6.07) is 7.00. The summed E-state index contributed by atoms with van der Waals surface area (Å²) in [5.74, 6) is -1.85. The summed E-state index contributed by atoms with van der Waals surface area (Å²) in [7, 11) is 0. The third-order valence-electron chi connectivity index (χ3n) is 5.50. The van der Waals surface area contributed by atoms with Crippen molar-refractivity contribution in [2.75, 3.05) is 13.1 Å². The van der Waals surface area contributed by atoms with Gasteiger partial charge >= 0.3 is 12.1 Å². The monoisotopic (exact) mass is 477 g/mol. The Labute approximate surface area is 200 Å². The number of likely N-dealkylation sites (tertiary alicyclic amines) is 1. The third kappa shape index (κ3) is 7.93. The lowest BCUT2D eigenvalue weighted by molar-refractivity contribution is -0.148. The van der Waals surface area contributed by atoms with Crippen molar-refractivity contribution < 1.29 is 33.8 Å². The average molecular weight is 478 g/mol. The lowest BCUT2D eigenvalue weighted by Crippen LogP contribution is -2.53. The Balaban J connectivity index is 1.99. The van der Waals surface area contributed by atoms with Crippen molar-refractivity contribution in [2.45, 2.75) is 71.2 Å². The molecule has 10 heteroatoms. The number of rotatable bonds is 9. The van der Waals surface area contributed by atoms with E-state index in [9.17, 15) is 24.3 Å². The molecule has 1 fully saturated rings. The van der Waals surface area contributed by atoms with Crippen molar-refractivity contribution in [3.63, 3.8) is 0 Å². The predicted molar refractivity (Wildman–Crippen MR) is 124 cm³/mol. The molecule has 0 aromatic heterocycles. The van der Waals surface area contributed by atoms with Crippen LogP contribution in [0, 0.1) is 5.92 Å². The lowest BCUT2D eigenvalue weighted by atomic mass is 9.98. The van der Waals surface area contributed by atoms with Crippen LogP contribution < -0.4 is 15.4 Å². The summed E-state index contributed by atoms with van der Waals surface area (Å²) >= 11 is 0. The van der Waals surface area contributed by atoms with Crippen molar-refractivity contribution in [1.29, 1.82) is 0 Å². The van der Waals surface area contributed by atoms with Gasteiger partial charge in [0.25, 0.3) is 0 Å². The van der Waals surface area contributed by atoms with Gasteiger partial charge in [0.15, 0.2) is 0 Å². The van der Waals surface area contributed by atoms with E-state index in [1.165, 1.54) is 4.90 Å². The van der Waals surface area contributed by atoms with Crippen LogP contribution in [-0.4, -0.2) is 70.8 Å². The Morgan fingerprint density at radius 2 is 1.82 bits per heavy atom. The normalized spacial score (nSPS) is 19.6. The van der Waals surface area contributed by atoms with Crippen LogP contribution in [0.25, 0.3) is 0 Å². The average Bonchev–Trinajstić information content (AvgIpc) is 3.18. The maximum Gasteiger partial charge on any atom is 0.408 e. The van der Waals surface area contributed by atoms with Gasteiger partial charge in [0.2, 0.25) is 11.8 Å². The van der Waals surface area contributed by atoms with Gasteiger partial charge in [0, 0.05) is 6.42 Å². The molecule has 1 aromatic rings. The predicted octanol–water partition coefficient (Wildman–Crippen LogP) is 2.18. The summed E-state index contributed by atoms with van der Waals surface area (Å²) in [6.45, 7) is 8.51. The van der Waals surface area contributed by atoms with Crippen molar-refractivity contribution in [1.82, 2.24) is 15.5 Å². The number of alkyl carbamates (subject to hydrolysis) is 1. The molecule has 0 aliphatic carbocycles. The second-order valence-electron chi connectivity index (χ2n) is 9.42. The Bertz CT molecular complexity index is 869. The van der Waals surface area contributed by atoms with Crippen molar-refractivity contribution >= 4 is 23.9 Å². The Morgan fingerprint density at radius 3 is 2.38 bits per heavy atom. The van der Waals surface area contributed by atoms with E-state index in [4.69, 9.17) is 9.47 Å². The third-order valence-corrected chi connectivity index (χ3v) is 5.50. The van der Waals surface area contributed by atoms with Crippen molar-refractivity contribution in [3.05, 3.63) is 30.3 Å². The zero-order valence-corrected chi connectivity index (χ0v) is 20.4. The molecule has 188 valence electrons. The smallest absolute Gasteiger partial charge is 0.408 e. The minimum atomic E-state index is -1.14. The van der Waals surface area contributed by atoms with Gasteiger partial charge in [-0.2, -0.15) is 0 Å². The van der Waals surface area contributed by atoms with Crippen LogP contribution in [0.5, 0.6) is 5.75 Å². The molecule has 0 radical (unpaired) electrons. The van der Waals surface area contributed by atoms with Crippen LogP contribution >= 0.6 is 0 Å². The highest BCUT2D eigenvalue weighted by molar-refractivity contribution is 5.91. The highest BCUT2D eigenvalue weighted by Crippen LogP contribution is 2.23. The number of carboxylic acid groups (broad SMARTS) is 1. The highest BCUT2D eigenvalue weighted by Gasteiger charge is 2.41. The molecule has 3 amide bonds. The first-order chi connectivity index (χ1) is 15.9. The molecule has 1 heterocycles. The molecule has 0 spiro atoms. The van der Waals surface area contributed by atoms with Crippen LogP contribution in [-0.2, 0) is 19.1 Å². The van der Waals surface area contributed by atoms with Gasteiger partial charge < -0.3 is 30.1 Å². The van der Waals surface area contributed by atoms with Crippen molar-refractivity contribution in [3.8, 4) is 5.75 Å². The SMILES string of the molecule is CC[C@H](C)[C@H](NC(=O)OC(C)(C)C)C(=O)NCC(=O)N1C[C@H](Oc2ccccc2)C[C@H]1C(=O)O.